The predicted octanol–water partition coefficient (Wildman–Crippen LogP) is 4.59. The normalized spacial score (nSPS) is 11.8. The van der Waals surface area contributed by atoms with Crippen LogP contribution < -0.4 is 5.32 Å². The summed E-state index contributed by atoms with van der Waals surface area (Å²) < 4.78 is 16.0. The van der Waals surface area contributed by atoms with Crippen molar-refractivity contribution >= 4 is 40.5 Å². The Hall–Kier alpha value is -4.39. The van der Waals surface area contributed by atoms with Gasteiger partial charge in [-0.1, -0.05) is 29.7 Å². The molecule has 4 aromatic rings. The second-order valence-corrected chi connectivity index (χ2v) is 10.2. The van der Waals surface area contributed by atoms with E-state index in [0.29, 0.717) is 27.9 Å². The van der Waals surface area contributed by atoms with Crippen LogP contribution in [0, 0.1) is 17.7 Å². The number of aromatic nitrogens is 3. The number of ketones is 1. The molecule has 1 atom stereocenters. The highest BCUT2D eigenvalue weighted by atomic mass is 35.5. The van der Waals surface area contributed by atoms with Crippen LogP contribution in [0.4, 0.5) is 4.39 Å². The smallest absolute Gasteiger partial charge is 0.234 e. The highest BCUT2D eigenvalue weighted by Gasteiger charge is 2.23. The van der Waals surface area contributed by atoms with Crippen molar-refractivity contribution in [2.75, 3.05) is 13.1 Å². The van der Waals surface area contributed by atoms with Gasteiger partial charge in [0.25, 0.3) is 0 Å². The van der Waals surface area contributed by atoms with E-state index in [1.807, 2.05) is 36.9 Å². The number of nitrogens with zero attached hydrogens (tertiary/aromatic N) is 4. The summed E-state index contributed by atoms with van der Waals surface area (Å²) in [7, 11) is 0. The lowest BCUT2D eigenvalue weighted by Gasteiger charge is -2.29. The van der Waals surface area contributed by atoms with Gasteiger partial charge in [0.15, 0.2) is 5.78 Å². The molecule has 0 saturated carbocycles. The van der Waals surface area contributed by atoms with Crippen molar-refractivity contribution in [2.45, 2.75) is 39.4 Å². The summed E-state index contributed by atoms with van der Waals surface area (Å²) in [6, 6.07) is 11.0. The van der Waals surface area contributed by atoms with Crippen molar-refractivity contribution in [3.8, 4) is 11.8 Å². The Morgan fingerprint density at radius 3 is 2.59 bits per heavy atom. The van der Waals surface area contributed by atoms with Gasteiger partial charge in [0.05, 0.1) is 11.6 Å². The quantitative estimate of drug-likeness (QED) is 0.169. The molecule has 0 radical (unpaired) electrons. The van der Waals surface area contributed by atoms with Crippen LogP contribution >= 0.6 is 11.6 Å². The molecular formula is C31H29ClFN5O3. The van der Waals surface area contributed by atoms with Crippen LogP contribution in [0.25, 0.3) is 10.9 Å². The number of fused-ring (bicyclic) bond motifs is 1. The summed E-state index contributed by atoms with van der Waals surface area (Å²) in [5, 5.41) is 3.38. The van der Waals surface area contributed by atoms with E-state index in [1.54, 1.807) is 41.4 Å². The number of rotatable bonds is 10. The lowest BCUT2D eigenvalue weighted by atomic mass is 10.1. The third-order valence-electron chi connectivity index (χ3n) is 6.62. The molecule has 1 unspecified atom stereocenters. The average molecular weight is 574 g/mol. The Bertz CT molecular complexity index is 1640. The fraction of sp³-hybridized carbons (Fsp3) is 0.258. The van der Waals surface area contributed by atoms with Crippen molar-refractivity contribution in [3.05, 3.63) is 94.4 Å². The lowest BCUT2D eigenvalue weighted by molar-refractivity contribution is -0.123. The Morgan fingerprint density at radius 1 is 1.15 bits per heavy atom. The molecule has 0 spiro atoms. The zero-order chi connectivity index (χ0) is 29.5. The molecular weight excluding hydrogens is 545 g/mol. The second-order valence-electron chi connectivity index (χ2n) is 9.78. The van der Waals surface area contributed by atoms with E-state index in [2.05, 4.69) is 27.1 Å². The van der Waals surface area contributed by atoms with Gasteiger partial charge < -0.3 is 14.7 Å². The first kappa shape index (κ1) is 29.6. The summed E-state index contributed by atoms with van der Waals surface area (Å²) >= 11 is 5.83. The zero-order valence-corrected chi connectivity index (χ0v) is 23.7. The Kier molecular flexibility index (Phi) is 9.61. The molecule has 8 nitrogen and oxygen atoms in total. The van der Waals surface area contributed by atoms with Crippen molar-refractivity contribution in [2.24, 2.45) is 0 Å². The van der Waals surface area contributed by atoms with Crippen molar-refractivity contribution < 1.29 is 18.8 Å². The summed E-state index contributed by atoms with van der Waals surface area (Å²) in [5.41, 5.74) is 2.11. The van der Waals surface area contributed by atoms with Gasteiger partial charge in [0, 0.05) is 65.3 Å². The van der Waals surface area contributed by atoms with Gasteiger partial charge >= 0.3 is 0 Å². The third-order valence-corrected chi connectivity index (χ3v) is 6.91. The van der Waals surface area contributed by atoms with Crippen LogP contribution in [0.15, 0.2) is 61.1 Å². The summed E-state index contributed by atoms with van der Waals surface area (Å²) in [6.45, 7) is 5.50. The summed E-state index contributed by atoms with van der Waals surface area (Å²) in [6.07, 6.45) is 5.69. The number of carbonyl (C=O) groups excluding carboxylic acids is 3. The fourth-order valence-corrected chi connectivity index (χ4v) is 4.59. The van der Waals surface area contributed by atoms with E-state index in [-0.39, 0.29) is 48.0 Å². The molecule has 1 amide bonds. The van der Waals surface area contributed by atoms with E-state index in [4.69, 9.17) is 11.6 Å². The number of halogens is 2. The molecule has 10 heteroatoms. The zero-order valence-electron chi connectivity index (χ0n) is 22.9. The molecule has 1 N–H and O–H groups in total. The molecule has 41 heavy (non-hydrogen) atoms. The van der Waals surface area contributed by atoms with Gasteiger partial charge in [-0.2, -0.15) is 0 Å². The first-order chi connectivity index (χ1) is 19.7. The van der Waals surface area contributed by atoms with Crippen LogP contribution in [0.2, 0.25) is 5.02 Å². The molecule has 0 fully saturated rings. The van der Waals surface area contributed by atoms with Crippen molar-refractivity contribution in [3.63, 3.8) is 0 Å². The largest absolute Gasteiger partial charge is 0.351 e. The van der Waals surface area contributed by atoms with Gasteiger partial charge in [0.1, 0.15) is 18.1 Å². The Labute approximate surface area is 242 Å². The molecule has 0 bridgehead atoms. The van der Waals surface area contributed by atoms with Crippen molar-refractivity contribution in [1.29, 1.82) is 0 Å². The summed E-state index contributed by atoms with van der Waals surface area (Å²) in [4.78, 5) is 47.7. The van der Waals surface area contributed by atoms with Crippen LogP contribution in [0.3, 0.4) is 0 Å². The highest BCUT2D eigenvalue weighted by Crippen LogP contribution is 2.27. The topological polar surface area (TPSA) is 97.2 Å². The maximum absolute atomic E-state index is 14.2. The molecule has 0 aliphatic carbocycles. The minimum atomic E-state index is -0.680. The summed E-state index contributed by atoms with van der Waals surface area (Å²) in [5.74, 6) is 5.27. The molecule has 2 aromatic carbocycles. The van der Waals surface area contributed by atoms with Crippen molar-refractivity contribution in [1.82, 2.24) is 24.8 Å². The van der Waals surface area contributed by atoms with E-state index >= 15 is 0 Å². The molecule has 0 saturated heterocycles. The molecule has 210 valence electrons. The van der Waals surface area contributed by atoms with Gasteiger partial charge in [-0.3, -0.25) is 14.5 Å². The molecule has 4 rings (SSSR count). The number of nitrogens with one attached hydrogen (secondary N) is 1. The number of amides is 1. The van der Waals surface area contributed by atoms with E-state index < -0.39 is 11.9 Å². The van der Waals surface area contributed by atoms with Gasteiger partial charge in [-0.25, -0.2) is 14.4 Å². The maximum atomic E-state index is 14.2. The highest BCUT2D eigenvalue weighted by molar-refractivity contribution is 6.30. The predicted molar refractivity (Wildman–Crippen MR) is 155 cm³/mol. The fourth-order valence-electron chi connectivity index (χ4n) is 4.39. The Morgan fingerprint density at radius 2 is 1.90 bits per heavy atom. The molecule has 0 aliphatic rings. The van der Waals surface area contributed by atoms with Gasteiger partial charge in [-0.15, -0.1) is 0 Å². The molecule has 0 aliphatic heterocycles. The van der Waals surface area contributed by atoms with Gasteiger partial charge in [-0.05, 0) is 57.0 Å². The van der Waals surface area contributed by atoms with E-state index in [9.17, 15) is 18.8 Å². The SMILES string of the molecule is CC(=O)c1cn(C(C=O)CN(CC(=O)NCc2cccc(Cl)c2F)C(C)C)c2ccc(C#Cc3ncccn3)cc12. The minimum absolute atomic E-state index is 0.00967. The molecule has 2 heterocycles. The van der Waals surface area contributed by atoms with E-state index in [0.717, 1.165) is 6.29 Å². The lowest BCUT2D eigenvalue weighted by Crippen LogP contribution is -2.43. The van der Waals surface area contributed by atoms with Gasteiger partial charge in [0.2, 0.25) is 11.7 Å². The first-order valence-electron chi connectivity index (χ1n) is 13.0. The second kappa shape index (κ2) is 13.3. The van der Waals surface area contributed by atoms with Crippen LogP contribution in [0.5, 0.6) is 0 Å². The average Bonchev–Trinajstić information content (AvgIpc) is 3.34. The minimum Gasteiger partial charge on any atom is -0.351 e. The maximum Gasteiger partial charge on any atom is 0.234 e. The van der Waals surface area contributed by atoms with Crippen LogP contribution in [-0.4, -0.2) is 56.5 Å². The number of benzene rings is 2. The third kappa shape index (κ3) is 7.23. The van der Waals surface area contributed by atoms with Crippen LogP contribution in [-0.2, 0) is 16.1 Å². The van der Waals surface area contributed by atoms with Crippen LogP contribution in [0.1, 0.15) is 54.1 Å². The Balaban J connectivity index is 1.55. The first-order valence-corrected chi connectivity index (χ1v) is 13.4. The number of carbonyl (C=O) groups is 3. The molecule has 2 aromatic heterocycles. The monoisotopic (exact) mass is 573 g/mol. The number of Topliss-reactive ketones (excluding diaryl/α,β-unsaturated/α-hetero) is 1. The standard InChI is InChI=1S/C31H29ClFN5O3/c1-20(2)37(18-30(41)36-15-23-6-4-7-27(32)31(23)33)16-24(19-39)38-17-26(21(3)40)25-14-22(8-10-28(25)38)9-11-29-34-12-5-13-35-29/h4-8,10,12-14,17,19-20,24H,15-16,18H2,1-3H3,(H,36,41). The number of hydrogen-bond acceptors (Lipinski definition) is 6. The number of aldehydes is 1. The van der Waals surface area contributed by atoms with E-state index in [1.165, 1.54) is 13.0 Å². The number of hydrogen-bond donors (Lipinski definition) is 1.